The molecule has 0 aliphatic rings. The van der Waals surface area contributed by atoms with E-state index in [1.807, 2.05) is 25.1 Å². The molecule has 0 amide bonds. The van der Waals surface area contributed by atoms with E-state index < -0.39 is 0 Å². The molecule has 0 radical (unpaired) electrons. The van der Waals surface area contributed by atoms with Crippen LogP contribution in [0, 0.1) is 6.92 Å². The molecule has 19 heavy (non-hydrogen) atoms. The lowest BCUT2D eigenvalue weighted by molar-refractivity contribution is 1.10. The zero-order valence-electron chi connectivity index (χ0n) is 10.4. The predicted molar refractivity (Wildman–Crippen MR) is 80.6 cm³/mol. The van der Waals surface area contributed by atoms with E-state index in [0.29, 0.717) is 28.2 Å². The first-order valence-corrected chi connectivity index (χ1v) is 6.48. The summed E-state index contributed by atoms with van der Waals surface area (Å²) in [6.45, 7) is 2.67. The third-order valence-corrected chi connectivity index (χ3v) is 3.18. The molecular formula is C13H14Cl2N4. The fraction of sp³-hybridized carbons (Fsp3) is 0.154. The number of halogens is 2. The maximum Gasteiger partial charge on any atom is 0.161 e. The summed E-state index contributed by atoms with van der Waals surface area (Å²) in [5, 5.41) is 4.00. The molecule has 4 N–H and O–H groups in total. The number of aryl methyl sites for hydroxylation is 1. The summed E-state index contributed by atoms with van der Waals surface area (Å²) >= 11 is 12.0. The van der Waals surface area contributed by atoms with Crippen molar-refractivity contribution in [3.05, 3.63) is 51.5 Å². The summed E-state index contributed by atoms with van der Waals surface area (Å²) in [4.78, 5) is 4.22. The molecule has 2 rings (SSSR count). The highest BCUT2D eigenvalue weighted by Gasteiger charge is 2.08. The van der Waals surface area contributed by atoms with E-state index in [-0.39, 0.29) is 0 Å². The first-order chi connectivity index (χ1) is 9.10. The lowest BCUT2D eigenvalue weighted by atomic mass is 10.1. The normalized spacial score (nSPS) is 10.3. The molecule has 0 aliphatic heterocycles. The van der Waals surface area contributed by atoms with Crippen LogP contribution >= 0.6 is 23.2 Å². The maximum atomic E-state index is 6.08. The molecule has 0 spiro atoms. The second-order valence-corrected chi connectivity index (χ2v) is 4.95. The van der Waals surface area contributed by atoms with Crippen molar-refractivity contribution in [2.24, 2.45) is 5.84 Å². The van der Waals surface area contributed by atoms with Crippen molar-refractivity contribution in [3.8, 4) is 0 Å². The molecule has 0 saturated heterocycles. The molecule has 2 aromatic rings. The zero-order valence-corrected chi connectivity index (χ0v) is 11.9. The molecule has 0 atom stereocenters. The summed E-state index contributed by atoms with van der Waals surface area (Å²) in [6.07, 6.45) is 0. The molecule has 0 unspecified atom stereocenters. The highest BCUT2D eigenvalue weighted by molar-refractivity contribution is 6.37. The summed E-state index contributed by atoms with van der Waals surface area (Å²) in [6, 6.07) is 9.79. The van der Waals surface area contributed by atoms with Gasteiger partial charge in [0.2, 0.25) is 0 Å². The standard InChI is InChI=1S/C13H14Cl2N4/c1-8-3-2-4-9(5-8)7-17-12-10(14)6-11(15)13(18-12)19-16/h2-6H,7,16H2,1H3,(H2,17,18,19). The van der Waals surface area contributed by atoms with E-state index in [2.05, 4.69) is 21.8 Å². The van der Waals surface area contributed by atoms with Crippen LogP contribution in [0.15, 0.2) is 30.3 Å². The van der Waals surface area contributed by atoms with Crippen LogP contribution in [0.2, 0.25) is 10.0 Å². The largest absolute Gasteiger partial charge is 0.365 e. The Morgan fingerprint density at radius 2 is 1.89 bits per heavy atom. The average molecular weight is 297 g/mol. The Hall–Kier alpha value is -1.49. The predicted octanol–water partition coefficient (Wildman–Crippen LogP) is 3.59. The van der Waals surface area contributed by atoms with Crippen molar-refractivity contribution in [2.75, 3.05) is 10.7 Å². The van der Waals surface area contributed by atoms with E-state index in [4.69, 9.17) is 29.0 Å². The highest BCUT2D eigenvalue weighted by atomic mass is 35.5. The lowest BCUT2D eigenvalue weighted by Crippen LogP contribution is -2.11. The summed E-state index contributed by atoms with van der Waals surface area (Å²) < 4.78 is 0. The fourth-order valence-corrected chi connectivity index (χ4v) is 2.18. The first-order valence-electron chi connectivity index (χ1n) is 5.72. The number of hydrogen-bond acceptors (Lipinski definition) is 4. The Labute approximate surface area is 121 Å². The van der Waals surface area contributed by atoms with Crippen molar-refractivity contribution in [1.82, 2.24) is 4.98 Å². The van der Waals surface area contributed by atoms with Crippen molar-refractivity contribution in [2.45, 2.75) is 13.5 Å². The average Bonchev–Trinajstić information content (AvgIpc) is 2.38. The fourth-order valence-electron chi connectivity index (χ4n) is 1.70. The Balaban J connectivity index is 2.15. The summed E-state index contributed by atoms with van der Waals surface area (Å²) in [7, 11) is 0. The Morgan fingerprint density at radius 3 is 2.58 bits per heavy atom. The van der Waals surface area contributed by atoms with Gasteiger partial charge in [0.05, 0.1) is 10.0 Å². The van der Waals surface area contributed by atoms with Gasteiger partial charge < -0.3 is 10.7 Å². The number of nitrogens with zero attached hydrogens (tertiary/aromatic N) is 1. The Kier molecular flexibility index (Phi) is 4.47. The van der Waals surface area contributed by atoms with Crippen molar-refractivity contribution < 1.29 is 0 Å². The molecule has 0 fully saturated rings. The van der Waals surface area contributed by atoms with Crippen LogP contribution in [0.1, 0.15) is 11.1 Å². The molecule has 0 aliphatic carbocycles. The molecule has 4 nitrogen and oxygen atoms in total. The zero-order chi connectivity index (χ0) is 13.8. The number of anilines is 2. The van der Waals surface area contributed by atoms with E-state index >= 15 is 0 Å². The number of nitrogens with one attached hydrogen (secondary N) is 2. The van der Waals surface area contributed by atoms with Crippen LogP contribution < -0.4 is 16.6 Å². The Bertz CT molecular complexity index is 587. The number of aromatic nitrogens is 1. The van der Waals surface area contributed by atoms with Gasteiger partial charge in [0.1, 0.15) is 5.82 Å². The monoisotopic (exact) mass is 296 g/mol. The van der Waals surface area contributed by atoms with Gasteiger partial charge in [-0.25, -0.2) is 10.8 Å². The first kappa shape index (κ1) is 13.9. The third kappa shape index (κ3) is 3.50. The number of rotatable bonds is 4. The van der Waals surface area contributed by atoms with Crippen molar-refractivity contribution in [1.29, 1.82) is 0 Å². The number of hydrogen-bond donors (Lipinski definition) is 3. The van der Waals surface area contributed by atoms with Gasteiger partial charge in [-0.1, -0.05) is 53.0 Å². The number of nitrogens with two attached hydrogens (primary N) is 1. The molecule has 1 heterocycles. The number of nitrogen functional groups attached to an aromatic ring is 1. The van der Waals surface area contributed by atoms with Crippen LogP contribution in [0.5, 0.6) is 0 Å². The second-order valence-electron chi connectivity index (χ2n) is 4.14. The van der Waals surface area contributed by atoms with E-state index in [1.54, 1.807) is 6.07 Å². The van der Waals surface area contributed by atoms with Gasteiger partial charge in [-0.3, -0.25) is 0 Å². The van der Waals surface area contributed by atoms with E-state index in [1.165, 1.54) is 5.56 Å². The summed E-state index contributed by atoms with van der Waals surface area (Å²) in [5.41, 5.74) is 4.78. The van der Waals surface area contributed by atoms with Crippen LogP contribution in [-0.4, -0.2) is 4.98 Å². The number of hydrazine groups is 1. The SMILES string of the molecule is Cc1cccc(CNc2nc(NN)c(Cl)cc2Cl)c1. The van der Waals surface area contributed by atoms with Crippen LogP contribution in [0.25, 0.3) is 0 Å². The smallest absolute Gasteiger partial charge is 0.161 e. The van der Waals surface area contributed by atoms with Crippen molar-refractivity contribution >= 4 is 34.8 Å². The molecule has 6 heteroatoms. The minimum absolute atomic E-state index is 0.383. The van der Waals surface area contributed by atoms with Crippen LogP contribution in [0.4, 0.5) is 11.6 Å². The lowest BCUT2D eigenvalue weighted by Gasteiger charge is -2.11. The minimum Gasteiger partial charge on any atom is -0.365 e. The third-order valence-electron chi connectivity index (χ3n) is 2.61. The topological polar surface area (TPSA) is 63.0 Å². The highest BCUT2D eigenvalue weighted by Crippen LogP contribution is 2.28. The number of pyridine rings is 1. The number of benzene rings is 1. The van der Waals surface area contributed by atoms with Gasteiger partial charge in [-0.15, -0.1) is 0 Å². The quantitative estimate of drug-likeness (QED) is 0.596. The molecule has 1 aromatic carbocycles. The van der Waals surface area contributed by atoms with Gasteiger partial charge in [0.25, 0.3) is 0 Å². The van der Waals surface area contributed by atoms with Crippen LogP contribution in [-0.2, 0) is 6.54 Å². The van der Waals surface area contributed by atoms with E-state index in [0.717, 1.165) is 5.56 Å². The summed E-state index contributed by atoms with van der Waals surface area (Å²) in [5.74, 6) is 6.26. The molecule has 100 valence electrons. The molecule has 0 saturated carbocycles. The van der Waals surface area contributed by atoms with Crippen molar-refractivity contribution in [3.63, 3.8) is 0 Å². The molecule has 0 bridgehead atoms. The van der Waals surface area contributed by atoms with Gasteiger partial charge in [-0.05, 0) is 18.6 Å². The second kappa shape index (κ2) is 6.10. The van der Waals surface area contributed by atoms with Gasteiger partial charge in [0.15, 0.2) is 5.82 Å². The van der Waals surface area contributed by atoms with Crippen LogP contribution in [0.3, 0.4) is 0 Å². The van der Waals surface area contributed by atoms with Gasteiger partial charge in [0, 0.05) is 6.54 Å². The van der Waals surface area contributed by atoms with E-state index in [9.17, 15) is 0 Å². The van der Waals surface area contributed by atoms with Gasteiger partial charge in [-0.2, -0.15) is 0 Å². The molecule has 1 aromatic heterocycles. The maximum absolute atomic E-state index is 6.08. The minimum atomic E-state index is 0.383. The molecular weight excluding hydrogens is 283 g/mol. The van der Waals surface area contributed by atoms with Gasteiger partial charge >= 0.3 is 0 Å². The Morgan fingerprint density at radius 1 is 1.16 bits per heavy atom.